The second kappa shape index (κ2) is 4.66. The van der Waals surface area contributed by atoms with E-state index in [1.54, 1.807) is 18.6 Å². The minimum atomic E-state index is -3.55. The molecule has 0 aromatic carbocycles. The Morgan fingerprint density at radius 3 is 2.89 bits per heavy atom. The van der Waals surface area contributed by atoms with Crippen LogP contribution in [-0.4, -0.2) is 39.0 Å². The molecule has 100 valence electrons. The average Bonchev–Trinajstić information content (AvgIpc) is 2.85. The van der Waals surface area contributed by atoms with E-state index in [2.05, 4.69) is 31.1 Å². The van der Waals surface area contributed by atoms with Gasteiger partial charge in [0.15, 0.2) is 0 Å². The summed E-state index contributed by atoms with van der Waals surface area (Å²) in [5, 5.41) is 7.69. The first-order valence-corrected chi connectivity index (χ1v) is 7.78. The molecule has 3 rings (SSSR count). The van der Waals surface area contributed by atoms with E-state index in [0.717, 1.165) is 0 Å². The van der Waals surface area contributed by atoms with Gasteiger partial charge < -0.3 is 4.57 Å². The molecular formula is C10H10BrN5O2S. The first-order chi connectivity index (χ1) is 9.07. The maximum absolute atomic E-state index is 12.5. The van der Waals surface area contributed by atoms with Gasteiger partial charge in [-0.3, -0.25) is 4.98 Å². The standard InChI is InChI=1S/C10H10BrN5O2S/c11-8-3-9(5-12-4-8)19(17,18)16-2-1-15-7-13-14-10(15)6-16/h3-5,7H,1-2,6H2. The van der Waals surface area contributed by atoms with Gasteiger partial charge in [-0.1, -0.05) is 0 Å². The van der Waals surface area contributed by atoms with E-state index >= 15 is 0 Å². The number of pyridine rings is 1. The summed E-state index contributed by atoms with van der Waals surface area (Å²) in [5.41, 5.74) is 0. The minimum absolute atomic E-state index is 0.176. The molecule has 19 heavy (non-hydrogen) atoms. The lowest BCUT2D eigenvalue weighted by atomic mass is 10.4. The van der Waals surface area contributed by atoms with Crippen LogP contribution < -0.4 is 0 Å². The molecule has 9 heteroatoms. The second-order valence-corrected chi connectivity index (χ2v) is 6.97. The van der Waals surface area contributed by atoms with Crippen LogP contribution in [0.15, 0.2) is 34.2 Å². The van der Waals surface area contributed by atoms with Gasteiger partial charge >= 0.3 is 0 Å². The highest BCUT2D eigenvalue weighted by Gasteiger charge is 2.29. The van der Waals surface area contributed by atoms with E-state index in [1.165, 1.54) is 10.5 Å². The van der Waals surface area contributed by atoms with Crippen molar-refractivity contribution >= 4 is 26.0 Å². The summed E-state index contributed by atoms with van der Waals surface area (Å²) in [7, 11) is -3.55. The Balaban J connectivity index is 1.94. The molecule has 0 radical (unpaired) electrons. The normalized spacial score (nSPS) is 16.3. The van der Waals surface area contributed by atoms with Crippen LogP contribution in [0.25, 0.3) is 0 Å². The maximum Gasteiger partial charge on any atom is 0.245 e. The molecule has 0 fully saturated rings. The Hall–Kier alpha value is -1.32. The highest BCUT2D eigenvalue weighted by Crippen LogP contribution is 2.22. The van der Waals surface area contributed by atoms with E-state index in [9.17, 15) is 8.42 Å². The molecule has 0 unspecified atom stereocenters. The van der Waals surface area contributed by atoms with Crippen molar-refractivity contribution < 1.29 is 8.42 Å². The van der Waals surface area contributed by atoms with Crippen LogP contribution in [-0.2, 0) is 23.1 Å². The Morgan fingerprint density at radius 1 is 1.26 bits per heavy atom. The van der Waals surface area contributed by atoms with Crippen LogP contribution in [0, 0.1) is 0 Å². The Labute approximate surface area is 118 Å². The summed E-state index contributed by atoms with van der Waals surface area (Å²) in [4.78, 5) is 4.07. The smallest absolute Gasteiger partial charge is 0.245 e. The summed E-state index contributed by atoms with van der Waals surface area (Å²) >= 11 is 3.23. The number of sulfonamides is 1. The number of nitrogens with zero attached hydrogens (tertiary/aromatic N) is 5. The summed E-state index contributed by atoms with van der Waals surface area (Å²) in [6.45, 7) is 1.19. The lowest BCUT2D eigenvalue weighted by Gasteiger charge is -2.26. The monoisotopic (exact) mass is 343 g/mol. The van der Waals surface area contributed by atoms with Gasteiger partial charge in [0.1, 0.15) is 17.0 Å². The van der Waals surface area contributed by atoms with Gasteiger partial charge in [-0.15, -0.1) is 10.2 Å². The van der Waals surface area contributed by atoms with Crippen LogP contribution in [0.3, 0.4) is 0 Å². The molecule has 0 spiro atoms. The fourth-order valence-electron chi connectivity index (χ4n) is 1.93. The molecule has 7 nitrogen and oxygen atoms in total. The van der Waals surface area contributed by atoms with Crippen molar-refractivity contribution in [1.29, 1.82) is 0 Å². The van der Waals surface area contributed by atoms with Crippen LogP contribution in [0.1, 0.15) is 5.82 Å². The second-order valence-electron chi connectivity index (χ2n) is 4.12. The number of rotatable bonds is 2. The molecule has 1 aliphatic rings. The van der Waals surface area contributed by atoms with Gasteiger partial charge in [0.25, 0.3) is 0 Å². The molecule has 2 aromatic heterocycles. The number of halogens is 1. The molecule has 3 heterocycles. The van der Waals surface area contributed by atoms with Crippen LogP contribution in [0.2, 0.25) is 0 Å². The van der Waals surface area contributed by atoms with Gasteiger partial charge in [0.2, 0.25) is 10.0 Å². The van der Waals surface area contributed by atoms with E-state index in [4.69, 9.17) is 0 Å². The minimum Gasteiger partial charge on any atom is -0.315 e. The van der Waals surface area contributed by atoms with Crippen molar-refractivity contribution in [2.24, 2.45) is 0 Å². The Kier molecular flexibility index (Phi) is 3.11. The first-order valence-electron chi connectivity index (χ1n) is 5.55. The number of aromatic nitrogens is 4. The highest BCUT2D eigenvalue weighted by atomic mass is 79.9. The van der Waals surface area contributed by atoms with Gasteiger partial charge in [-0.2, -0.15) is 4.31 Å². The molecule has 0 N–H and O–H groups in total. The first kappa shape index (κ1) is 12.7. The van der Waals surface area contributed by atoms with Crippen LogP contribution in [0.5, 0.6) is 0 Å². The lowest BCUT2D eigenvalue weighted by molar-refractivity contribution is 0.335. The summed E-state index contributed by atoms with van der Waals surface area (Å²) in [6, 6.07) is 1.54. The molecule has 0 aliphatic carbocycles. The third-order valence-electron chi connectivity index (χ3n) is 2.92. The Morgan fingerprint density at radius 2 is 2.11 bits per heavy atom. The van der Waals surface area contributed by atoms with Gasteiger partial charge in [0, 0.05) is 30.0 Å². The van der Waals surface area contributed by atoms with E-state index in [-0.39, 0.29) is 11.4 Å². The zero-order chi connectivity index (χ0) is 13.5. The number of hydrogen-bond donors (Lipinski definition) is 0. The van der Waals surface area contributed by atoms with Crippen molar-refractivity contribution in [3.05, 3.63) is 35.1 Å². The van der Waals surface area contributed by atoms with E-state index in [0.29, 0.717) is 23.4 Å². The highest BCUT2D eigenvalue weighted by molar-refractivity contribution is 9.10. The fraction of sp³-hybridized carbons (Fsp3) is 0.300. The third kappa shape index (κ3) is 2.28. The van der Waals surface area contributed by atoms with Crippen LogP contribution in [0.4, 0.5) is 0 Å². The molecule has 0 saturated carbocycles. The molecule has 0 bridgehead atoms. The quantitative estimate of drug-likeness (QED) is 0.799. The molecule has 1 aliphatic heterocycles. The predicted molar refractivity (Wildman–Crippen MR) is 69.6 cm³/mol. The number of fused-ring (bicyclic) bond motifs is 1. The lowest BCUT2D eigenvalue weighted by Crippen LogP contribution is -2.38. The van der Waals surface area contributed by atoms with Gasteiger partial charge in [-0.05, 0) is 22.0 Å². The van der Waals surface area contributed by atoms with Crippen molar-refractivity contribution in [1.82, 2.24) is 24.1 Å². The zero-order valence-corrected chi connectivity index (χ0v) is 12.2. The molecule has 0 amide bonds. The van der Waals surface area contributed by atoms with Crippen molar-refractivity contribution in [3.8, 4) is 0 Å². The summed E-state index contributed by atoms with van der Waals surface area (Å²) in [6.07, 6.45) is 4.51. The fourth-order valence-corrected chi connectivity index (χ4v) is 3.82. The van der Waals surface area contributed by atoms with Gasteiger partial charge in [0.05, 0.1) is 6.54 Å². The SMILES string of the molecule is O=S(=O)(c1cncc(Br)c1)N1CCn2cnnc2C1. The summed E-state index contributed by atoms with van der Waals surface area (Å²) < 4.78 is 28.8. The predicted octanol–water partition coefficient (Wildman–Crippen LogP) is 0.640. The summed E-state index contributed by atoms with van der Waals surface area (Å²) in [5.74, 6) is 0.651. The van der Waals surface area contributed by atoms with Crippen molar-refractivity contribution in [2.75, 3.05) is 6.54 Å². The topological polar surface area (TPSA) is 81.0 Å². The van der Waals surface area contributed by atoms with Gasteiger partial charge in [-0.25, -0.2) is 8.42 Å². The maximum atomic E-state index is 12.5. The Bertz CT molecular complexity index is 714. The number of hydrogen-bond acceptors (Lipinski definition) is 5. The van der Waals surface area contributed by atoms with Crippen LogP contribution >= 0.6 is 15.9 Å². The third-order valence-corrected chi connectivity index (χ3v) is 5.17. The molecule has 2 aromatic rings. The van der Waals surface area contributed by atoms with E-state index in [1.807, 2.05) is 4.57 Å². The zero-order valence-electron chi connectivity index (χ0n) is 9.77. The van der Waals surface area contributed by atoms with Crippen molar-refractivity contribution in [2.45, 2.75) is 18.0 Å². The molecule has 0 saturated heterocycles. The van der Waals surface area contributed by atoms with E-state index < -0.39 is 10.0 Å². The van der Waals surface area contributed by atoms with Crippen molar-refractivity contribution in [3.63, 3.8) is 0 Å². The molecule has 0 atom stereocenters. The molecular weight excluding hydrogens is 334 g/mol. The largest absolute Gasteiger partial charge is 0.315 e. The average molecular weight is 344 g/mol.